The maximum atomic E-state index is 8.63. The number of ether oxygens (including phenoxy) is 1. The highest BCUT2D eigenvalue weighted by Gasteiger charge is 2.47. The van der Waals surface area contributed by atoms with E-state index in [-0.39, 0.29) is 5.41 Å². The molecule has 0 aromatic heterocycles. The van der Waals surface area contributed by atoms with E-state index >= 15 is 0 Å². The molecule has 1 saturated carbocycles. The number of nitrogens with zero attached hydrogens (tertiary/aromatic N) is 1. The molecule has 2 nitrogen and oxygen atoms in total. The lowest BCUT2D eigenvalue weighted by molar-refractivity contribution is -0.159. The van der Waals surface area contributed by atoms with Crippen LogP contribution in [0.4, 0.5) is 0 Å². The van der Waals surface area contributed by atoms with Crippen molar-refractivity contribution in [3.63, 3.8) is 0 Å². The molecular formula is C9H13NO. The van der Waals surface area contributed by atoms with Crippen molar-refractivity contribution in [2.45, 2.75) is 25.7 Å². The van der Waals surface area contributed by atoms with E-state index in [2.05, 4.69) is 6.07 Å². The van der Waals surface area contributed by atoms with Crippen LogP contribution in [0, 0.1) is 22.7 Å². The van der Waals surface area contributed by atoms with Crippen LogP contribution in [-0.4, -0.2) is 13.2 Å². The van der Waals surface area contributed by atoms with E-state index in [1.807, 2.05) is 0 Å². The summed E-state index contributed by atoms with van der Waals surface area (Å²) in [6.45, 7) is 1.68. The van der Waals surface area contributed by atoms with Gasteiger partial charge in [0.25, 0.3) is 0 Å². The number of hydrogen-bond donors (Lipinski definition) is 0. The third-order valence-electron chi connectivity index (χ3n) is 3.18. The van der Waals surface area contributed by atoms with Gasteiger partial charge in [-0.2, -0.15) is 5.26 Å². The van der Waals surface area contributed by atoms with Crippen molar-refractivity contribution in [2.75, 3.05) is 13.2 Å². The topological polar surface area (TPSA) is 33.0 Å². The number of rotatable bonds is 2. The van der Waals surface area contributed by atoms with Crippen LogP contribution in [0.1, 0.15) is 25.7 Å². The van der Waals surface area contributed by atoms with Gasteiger partial charge in [0, 0.05) is 11.8 Å². The van der Waals surface area contributed by atoms with Gasteiger partial charge in [-0.25, -0.2) is 0 Å². The Balaban J connectivity index is 1.98. The Morgan fingerprint density at radius 3 is 2.45 bits per heavy atom. The molecule has 0 atom stereocenters. The first-order valence-corrected chi connectivity index (χ1v) is 4.32. The van der Waals surface area contributed by atoms with Gasteiger partial charge in [-0.15, -0.1) is 0 Å². The second-order valence-corrected chi connectivity index (χ2v) is 3.82. The molecular weight excluding hydrogens is 138 g/mol. The maximum absolute atomic E-state index is 8.63. The van der Waals surface area contributed by atoms with Crippen molar-refractivity contribution in [1.29, 1.82) is 5.26 Å². The molecule has 60 valence electrons. The van der Waals surface area contributed by atoms with Gasteiger partial charge < -0.3 is 4.74 Å². The average Bonchev–Trinajstić information content (AvgIpc) is 1.79. The van der Waals surface area contributed by atoms with Crippen molar-refractivity contribution in [1.82, 2.24) is 0 Å². The van der Waals surface area contributed by atoms with Crippen LogP contribution in [0.15, 0.2) is 0 Å². The fourth-order valence-corrected chi connectivity index (χ4v) is 2.02. The SMILES string of the molecule is N#CCC1(C2CCC2)COC1. The van der Waals surface area contributed by atoms with Crippen LogP contribution in [0.5, 0.6) is 0 Å². The molecule has 0 aromatic rings. The van der Waals surface area contributed by atoms with Crippen LogP contribution >= 0.6 is 0 Å². The highest BCUT2D eigenvalue weighted by Crippen LogP contribution is 2.48. The molecule has 11 heavy (non-hydrogen) atoms. The van der Waals surface area contributed by atoms with Gasteiger partial charge in [0.2, 0.25) is 0 Å². The van der Waals surface area contributed by atoms with Gasteiger partial charge in [-0.05, 0) is 18.8 Å². The Morgan fingerprint density at radius 1 is 1.45 bits per heavy atom. The predicted molar refractivity (Wildman–Crippen MR) is 40.8 cm³/mol. The highest BCUT2D eigenvalue weighted by molar-refractivity contribution is 5.00. The van der Waals surface area contributed by atoms with E-state index in [1.165, 1.54) is 19.3 Å². The first-order valence-electron chi connectivity index (χ1n) is 4.32. The van der Waals surface area contributed by atoms with Crippen molar-refractivity contribution in [3.05, 3.63) is 0 Å². The van der Waals surface area contributed by atoms with E-state index in [0.717, 1.165) is 19.1 Å². The quantitative estimate of drug-likeness (QED) is 0.602. The predicted octanol–water partition coefficient (Wildman–Crippen LogP) is 1.72. The smallest absolute Gasteiger partial charge is 0.0629 e. The van der Waals surface area contributed by atoms with Gasteiger partial charge in [0.05, 0.1) is 19.3 Å². The Morgan fingerprint density at radius 2 is 2.18 bits per heavy atom. The first kappa shape index (κ1) is 7.12. The van der Waals surface area contributed by atoms with Crippen LogP contribution in [0.3, 0.4) is 0 Å². The monoisotopic (exact) mass is 151 g/mol. The molecule has 0 aromatic carbocycles. The lowest BCUT2D eigenvalue weighted by atomic mass is 9.62. The van der Waals surface area contributed by atoms with Crippen LogP contribution in [-0.2, 0) is 4.74 Å². The summed E-state index contributed by atoms with van der Waals surface area (Å²) in [5.41, 5.74) is 0.285. The zero-order valence-electron chi connectivity index (χ0n) is 6.68. The summed E-state index contributed by atoms with van der Waals surface area (Å²) < 4.78 is 5.20. The molecule has 2 rings (SSSR count). The van der Waals surface area contributed by atoms with Crippen molar-refractivity contribution >= 4 is 0 Å². The second kappa shape index (κ2) is 2.49. The molecule has 2 aliphatic rings. The van der Waals surface area contributed by atoms with Crippen LogP contribution in [0.2, 0.25) is 0 Å². The molecule has 0 spiro atoms. The lowest BCUT2D eigenvalue weighted by Gasteiger charge is -2.49. The zero-order chi connectivity index (χ0) is 7.73. The Bertz CT molecular complexity index is 186. The molecule has 0 unspecified atom stereocenters. The summed E-state index contributed by atoms with van der Waals surface area (Å²) in [6.07, 6.45) is 4.71. The third kappa shape index (κ3) is 0.954. The summed E-state index contributed by atoms with van der Waals surface area (Å²) in [4.78, 5) is 0. The molecule has 1 heterocycles. The third-order valence-corrected chi connectivity index (χ3v) is 3.18. The largest absolute Gasteiger partial charge is 0.380 e. The fourth-order valence-electron chi connectivity index (χ4n) is 2.02. The second-order valence-electron chi connectivity index (χ2n) is 3.82. The van der Waals surface area contributed by atoms with Crippen LogP contribution < -0.4 is 0 Å². The highest BCUT2D eigenvalue weighted by atomic mass is 16.5. The Labute approximate surface area is 67.2 Å². The summed E-state index contributed by atoms with van der Waals surface area (Å²) in [5.74, 6) is 0.802. The molecule has 0 amide bonds. The fraction of sp³-hybridized carbons (Fsp3) is 0.889. The molecule has 1 saturated heterocycles. The van der Waals surface area contributed by atoms with Crippen molar-refractivity contribution in [3.8, 4) is 6.07 Å². The molecule has 1 aliphatic carbocycles. The van der Waals surface area contributed by atoms with Gasteiger partial charge >= 0.3 is 0 Å². The maximum Gasteiger partial charge on any atom is 0.0629 e. The average molecular weight is 151 g/mol. The first-order chi connectivity index (χ1) is 5.37. The summed E-state index contributed by atoms with van der Waals surface area (Å²) in [6, 6.07) is 2.28. The minimum absolute atomic E-state index is 0.285. The number of hydrogen-bond acceptors (Lipinski definition) is 2. The Hall–Kier alpha value is -0.550. The van der Waals surface area contributed by atoms with Gasteiger partial charge in [-0.1, -0.05) is 6.42 Å². The van der Waals surface area contributed by atoms with Crippen molar-refractivity contribution < 1.29 is 4.74 Å². The minimum Gasteiger partial charge on any atom is -0.380 e. The van der Waals surface area contributed by atoms with E-state index < -0.39 is 0 Å². The summed E-state index contributed by atoms with van der Waals surface area (Å²) >= 11 is 0. The van der Waals surface area contributed by atoms with Gasteiger partial charge in [0.1, 0.15) is 0 Å². The normalized spacial score (nSPS) is 28.3. The van der Waals surface area contributed by atoms with E-state index in [1.54, 1.807) is 0 Å². The summed E-state index contributed by atoms with van der Waals surface area (Å²) in [7, 11) is 0. The summed E-state index contributed by atoms with van der Waals surface area (Å²) in [5, 5.41) is 8.63. The van der Waals surface area contributed by atoms with Crippen molar-refractivity contribution in [2.24, 2.45) is 11.3 Å². The molecule has 0 N–H and O–H groups in total. The zero-order valence-corrected chi connectivity index (χ0v) is 6.68. The minimum atomic E-state index is 0.285. The number of nitriles is 1. The van der Waals surface area contributed by atoms with Gasteiger partial charge in [0.15, 0.2) is 0 Å². The van der Waals surface area contributed by atoms with Crippen LogP contribution in [0.25, 0.3) is 0 Å². The molecule has 2 heteroatoms. The molecule has 2 fully saturated rings. The molecule has 1 aliphatic heterocycles. The van der Waals surface area contributed by atoms with E-state index in [4.69, 9.17) is 10.00 Å². The van der Waals surface area contributed by atoms with E-state index in [9.17, 15) is 0 Å². The standard InChI is InChI=1S/C9H13NO/c10-5-4-9(6-11-7-9)8-2-1-3-8/h8H,1-4,6-7H2. The molecule has 0 radical (unpaired) electrons. The van der Waals surface area contributed by atoms with Gasteiger partial charge in [-0.3, -0.25) is 0 Å². The molecule has 0 bridgehead atoms. The lowest BCUT2D eigenvalue weighted by Crippen LogP contribution is -2.50. The van der Waals surface area contributed by atoms with E-state index in [0.29, 0.717) is 6.42 Å². The Kier molecular flexibility index (Phi) is 1.61.